The first-order valence-electron chi connectivity index (χ1n) is 11.6. The Balaban J connectivity index is 1.68. The van der Waals surface area contributed by atoms with Gasteiger partial charge in [0.1, 0.15) is 35.9 Å². The van der Waals surface area contributed by atoms with Gasteiger partial charge in [-0.2, -0.15) is 0 Å². The van der Waals surface area contributed by atoms with Gasteiger partial charge in [-0.3, -0.25) is 9.59 Å². The molecule has 1 heterocycles. The summed E-state index contributed by atoms with van der Waals surface area (Å²) >= 11 is 0. The van der Waals surface area contributed by atoms with Gasteiger partial charge in [-0.25, -0.2) is 0 Å². The van der Waals surface area contributed by atoms with Crippen molar-refractivity contribution in [3.8, 4) is 11.5 Å². The van der Waals surface area contributed by atoms with Gasteiger partial charge in [-0.05, 0) is 48.5 Å². The van der Waals surface area contributed by atoms with Crippen molar-refractivity contribution < 1.29 is 49.0 Å². The lowest BCUT2D eigenvalue weighted by Crippen LogP contribution is -2.60. The Labute approximate surface area is 213 Å². The molecule has 2 aromatic carbocycles. The van der Waals surface area contributed by atoms with Gasteiger partial charge in [0, 0.05) is 24.2 Å². The number of aliphatic hydroxyl groups is 4. The molecule has 2 aromatic rings. The van der Waals surface area contributed by atoms with Crippen molar-refractivity contribution in [1.29, 1.82) is 0 Å². The van der Waals surface area contributed by atoms with E-state index in [1.165, 1.54) is 14.2 Å². The third-order valence-corrected chi connectivity index (χ3v) is 5.86. The number of amides is 2. The van der Waals surface area contributed by atoms with E-state index in [2.05, 4.69) is 10.6 Å². The van der Waals surface area contributed by atoms with E-state index in [-0.39, 0.29) is 13.1 Å². The number of methoxy groups -OCH3 is 2. The molecule has 0 spiro atoms. The highest BCUT2D eigenvalue weighted by atomic mass is 16.7. The third-order valence-electron chi connectivity index (χ3n) is 5.86. The molecule has 12 heteroatoms. The second-order valence-electron chi connectivity index (χ2n) is 8.33. The van der Waals surface area contributed by atoms with E-state index < -0.39 is 55.2 Å². The van der Waals surface area contributed by atoms with E-state index in [4.69, 9.17) is 18.9 Å². The molecule has 6 N–H and O–H groups in total. The number of benzene rings is 2. The molecular weight excluding hydrogens is 488 g/mol. The van der Waals surface area contributed by atoms with E-state index in [1.54, 1.807) is 48.5 Å². The molecule has 202 valence electrons. The maximum atomic E-state index is 12.6. The first-order valence-corrected chi connectivity index (χ1v) is 11.6. The molecular formula is C25H32N2O10. The summed E-state index contributed by atoms with van der Waals surface area (Å²) in [4.78, 5) is 25.3. The monoisotopic (exact) mass is 520 g/mol. The average molecular weight is 521 g/mol. The van der Waals surface area contributed by atoms with E-state index in [9.17, 15) is 30.0 Å². The molecule has 5 atom stereocenters. The minimum absolute atomic E-state index is 0.108. The van der Waals surface area contributed by atoms with Crippen LogP contribution < -0.4 is 20.1 Å². The third kappa shape index (κ3) is 7.38. The van der Waals surface area contributed by atoms with Crippen molar-refractivity contribution in [2.24, 2.45) is 0 Å². The molecule has 3 rings (SSSR count). The van der Waals surface area contributed by atoms with E-state index in [0.717, 1.165) is 0 Å². The largest absolute Gasteiger partial charge is 0.497 e. The van der Waals surface area contributed by atoms with Gasteiger partial charge in [-0.1, -0.05) is 0 Å². The van der Waals surface area contributed by atoms with Crippen LogP contribution in [0.1, 0.15) is 20.7 Å². The van der Waals surface area contributed by atoms with Gasteiger partial charge < -0.3 is 50.0 Å². The van der Waals surface area contributed by atoms with Crippen LogP contribution >= 0.6 is 0 Å². The number of ether oxygens (including phenoxy) is 4. The second-order valence-corrected chi connectivity index (χ2v) is 8.33. The molecule has 0 aromatic heterocycles. The molecule has 0 saturated carbocycles. The summed E-state index contributed by atoms with van der Waals surface area (Å²) in [6.45, 7) is -0.844. The minimum atomic E-state index is -1.64. The van der Waals surface area contributed by atoms with Crippen LogP contribution in [0, 0.1) is 0 Å². The molecule has 12 nitrogen and oxygen atoms in total. The lowest BCUT2D eigenvalue weighted by molar-refractivity contribution is -0.310. The summed E-state index contributed by atoms with van der Waals surface area (Å²) in [6.07, 6.45) is -8.38. The zero-order valence-corrected chi connectivity index (χ0v) is 20.4. The predicted octanol–water partition coefficient (Wildman–Crippen LogP) is -0.951. The molecule has 2 amide bonds. The van der Waals surface area contributed by atoms with E-state index in [0.29, 0.717) is 22.6 Å². The molecule has 1 aliphatic heterocycles. The quantitative estimate of drug-likeness (QED) is 0.217. The van der Waals surface area contributed by atoms with Crippen molar-refractivity contribution in [3.05, 3.63) is 59.7 Å². The summed E-state index contributed by atoms with van der Waals surface area (Å²) in [6, 6.07) is 12.8. The predicted molar refractivity (Wildman–Crippen MR) is 129 cm³/mol. The topological polar surface area (TPSA) is 176 Å². The lowest BCUT2D eigenvalue weighted by Gasteiger charge is -2.40. The molecule has 1 saturated heterocycles. The molecule has 0 aliphatic carbocycles. The van der Waals surface area contributed by atoms with Crippen LogP contribution in [0.4, 0.5) is 0 Å². The number of hydrogen-bond donors (Lipinski definition) is 6. The zero-order chi connectivity index (χ0) is 26.9. The van der Waals surface area contributed by atoms with Crippen LogP contribution in [0.3, 0.4) is 0 Å². The Morgan fingerprint density at radius 2 is 1.27 bits per heavy atom. The molecule has 37 heavy (non-hydrogen) atoms. The highest BCUT2D eigenvalue weighted by molar-refractivity contribution is 5.95. The highest BCUT2D eigenvalue weighted by Gasteiger charge is 2.44. The van der Waals surface area contributed by atoms with Gasteiger partial charge in [0.15, 0.2) is 6.29 Å². The lowest BCUT2D eigenvalue weighted by atomic mass is 9.99. The highest BCUT2D eigenvalue weighted by Crippen LogP contribution is 2.23. The summed E-state index contributed by atoms with van der Waals surface area (Å²) in [5, 5.41) is 45.2. The summed E-state index contributed by atoms with van der Waals surface area (Å²) in [5.41, 5.74) is 0.712. The number of rotatable bonds is 11. The van der Waals surface area contributed by atoms with Crippen LogP contribution in [0.15, 0.2) is 48.5 Å². The van der Waals surface area contributed by atoms with Gasteiger partial charge in [-0.15, -0.1) is 0 Å². The van der Waals surface area contributed by atoms with E-state index in [1.807, 2.05) is 0 Å². The smallest absolute Gasteiger partial charge is 0.251 e. The molecule has 0 radical (unpaired) electrons. The fraction of sp³-hybridized carbons (Fsp3) is 0.440. The van der Waals surface area contributed by atoms with Gasteiger partial charge in [0.25, 0.3) is 11.8 Å². The van der Waals surface area contributed by atoms with Crippen molar-refractivity contribution in [2.75, 3.05) is 33.9 Å². The van der Waals surface area contributed by atoms with Gasteiger partial charge in [0.2, 0.25) is 0 Å². The van der Waals surface area contributed by atoms with Crippen LogP contribution in [-0.2, 0) is 9.47 Å². The van der Waals surface area contributed by atoms with Crippen LogP contribution in [-0.4, -0.2) is 103 Å². The minimum Gasteiger partial charge on any atom is -0.497 e. The number of nitrogens with one attached hydrogen (secondary N) is 2. The molecule has 1 fully saturated rings. The fourth-order valence-electron chi connectivity index (χ4n) is 3.64. The van der Waals surface area contributed by atoms with Crippen molar-refractivity contribution in [3.63, 3.8) is 0 Å². The Bertz CT molecular complexity index is 952. The molecule has 0 unspecified atom stereocenters. The first-order chi connectivity index (χ1) is 17.8. The van der Waals surface area contributed by atoms with Gasteiger partial charge >= 0.3 is 0 Å². The number of carbonyl (C=O) groups is 2. The number of carbonyl (C=O) groups excluding carboxylic acids is 2. The van der Waals surface area contributed by atoms with Crippen LogP contribution in [0.5, 0.6) is 11.5 Å². The summed E-state index contributed by atoms with van der Waals surface area (Å²) in [5.74, 6) is 0.321. The average Bonchev–Trinajstić information content (AvgIpc) is 2.94. The van der Waals surface area contributed by atoms with E-state index >= 15 is 0 Å². The molecule has 0 bridgehead atoms. The zero-order valence-electron chi connectivity index (χ0n) is 20.4. The number of aliphatic hydroxyl groups excluding tert-OH is 4. The summed E-state index contributed by atoms with van der Waals surface area (Å²) < 4.78 is 21.4. The normalized spacial score (nSPS) is 23.4. The SMILES string of the molecule is COc1ccc(C(=O)NCC(CNC(=O)c2ccc(OC)cc2)O[C@H]2O[C@H](CO)[C@@H](O)[C@H](O)[C@@H]2O)cc1. The van der Waals surface area contributed by atoms with Crippen LogP contribution in [0.2, 0.25) is 0 Å². The second kappa shape index (κ2) is 13.3. The Morgan fingerprint density at radius 3 is 1.68 bits per heavy atom. The standard InChI is InChI=1S/C25H32N2O10/c1-34-16-7-3-14(4-8-16)23(32)26-11-18(12-27-24(33)15-5-9-17(35-2)10-6-15)36-25-22(31)21(30)20(29)19(13-28)37-25/h3-10,18-22,25,28-31H,11-13H2,1-2H3,(H,26,32)(H,27,33)/t19-,20-,21+,22+,25+/m1/s1. The summed E-state index contributed by atoms with van der Waals surface area (Å²) in [7, 11) is 3.02. The fourth-order valence-corrected chi connectivity index (χ4v) is 3.64. The first kappa shape index (κ1) is 28.3. The number of hydrogen-bond acceptors (Lipinski definition) is 10. The molecule has 1 aliphatic rings. The Hall–Kier alpha value is -3.26. The maximum absolute atomic E-state index is 12.6. The van der Waals surface area contributed by atoms with Gasteiger partial charge in [0.05, 0.1) is 26.9 Å². The van der Waals surface area contributed by atoms with Crippen LogP contribution in [0.25, 0.3) is 0 Å². The Morgan fingerprint density at radius 1 is 0.811 bits per heavy atom. The van der Waals surface area contributed by atoms with Crippen molar-refractivity contribution in [1.82, 2.24) is 10.6 Å². The van der Waals surface area contributed by atoms with Crippen molar-refractivity contribution in [2.45, 2.75) is 36.8 Å². The Kier molecular flexibility index (Phi) is 10.2. The van der Waals surface area contributed by atoms with Crippen molar-refractivity contribution >= 4 is 11.8 Å². The maximum Gasteiger partial charge on any atom is 0.251 e.